The maximum atomic E-state index is 9.36. The van der Waals surface area contributed by atoms with Crippen molar-refractivity contribution in [1.29, 1.82) is 0 Å². The van der Waals surface area contributed by atoms with Crippen molar-refractivity contribution >= 4 is 22.4 Å². The second-order valence-corrected chi connectivity index (χ2v) is 5.72. The molecule has 0 spiro atoms. The summed E-state index contributed by atoms with van der Waals surface area (Å²) in [6, 6.07) is 7.89. The van der Waals surface area contributed by atoms with E-state index >= 15 is 0 Å². The average Bonchev–Trinajstić information content (AvgIpc) is 3.14. The lowest BCUT2D eigenvalue weighted by Gasteiger charge is -2.18. The molecule has 0 saturated carbocycles. The molecule has 2 aromatic heterocycles. The van der Waals surface area contributed by atoms with Crippen LogP contribution in [0.3, 0.4) is 0 Å². The zero-order chi connectivity index (χ0) is 14.2. The highest BCUT2D eigenvalue weighted by Crippen LogP contribution is 2.37. The van der Waals surface area contributed by atoms with Gasteiger partial charge in [0.15, 0.2) is 17.3 Å². The van der Waals surface area contributed by atoms with Gasteiger partial charge in [-0.05, 0) is 11.4 Å². The third kappa shape index (κ3) is 2.07. The first-order valence-electron chi connectivity index (χ1n) is 6.81. The fraction of sp³-hybridized carbons (Fsp3) is 0.267. The van der Waals surface area contributed by atoms with Crippen LogP contribution >= 0.6 is 11.3 Å². The zero-order valence-corrected chi connectivity index (χ0v) is 12.1. The number of hydrogen-bond acceptors (Lipinski definition) is 5. The molecule has 1 aliphatic rings. The molecular formula is C15H14N2O3S. The highest BCUT2D eigenvalue weighted by molar-refractivity contribution is 7.13. The van der Waals surface area contributed by atoms with E-state index in [-0.39, 0.29) is 6.61 Å². The van der Waals surface area contributed by atoms with Crippen LogP contribution in [0.1, 0.15) is 0 Å². The lowest BCUT2D eigenvalue weighted by molar-refractivity contribution is 0.172. The molecule has 3 aromatic rings. The molecule has 0 saturated heterocycles. The van der Waals surface area contributed by atoms with Gasteiger partial charge in [-0.25, -0.2) is 4.98 Å². The van der Waals surface area contributed by atoms with Crippen molar-refractivity contribution in [3.63, 3.8) is 0 Å². The number of benzene rings is 1. The van der Waals surface area contributed by atoms with Crippen molar-refractivity contribution in [2.45, 2.75) is 6.54 Å². The Morgan fingerprint density at radius 2 is 2.05 bits per heavy atom. The van der Waals surface area contributed by atoms with E-state index in [9.17, 15) is 5.11 Å². The first-order chi connectivity index (χ1) is 10.4. The Kier molecular flexibility index (Phi) is 3.05. The Labute approximate surface area is 125 Å². The van der Waals surface area contributed by atoms with Crippen molar-refractivity contribution < 1.29 is 14.6 Å². The van der Waals surface area contributed by atoms with Gasteiger partial charge in [0.05, 0.1) is 22.5 Å². The summed E-state index contributed by atoms with van der Waals surface area (Å²) in [5.74, 6) is 2.35. The van der Waals surface area contributed by atoms with Crippen LogP contribution in [-0.4, -0.2) is 34.5 Å². The zero-order valence-electron chi connectivity index (χ0n) is 11.3. The number of imidazole rings is 1. The monoisotopic (exact) mass is 302 g/mol. The Hall–Kier alpha value is -2.05. The van der Waals surface area contributed by atoms with Gasteiger partial charge in [-0.2, -0.15) is 0 Å². The molecule has 0 fully saturated rings. The molecule has 108 valence electrons. The van der Waals surface area contributed by atoms with E-state index in [4.69, 9.17) is 14.5 Å². The molecule has 1 aliphatic heterocycles. The normalized spacial score (nSPS) is 13.8. The van der Waals surface area contributed by atoms with Crippen LogP contribution in [-0.2, 0) is 6.54 Å². The van der Waals surface area contributed by atoms with Gasteiger partial charge in [0.2, 0.25) is 0 Å². The van der Waals surface area contributed by atoms with E-state index in [0.29, 0.717) is 19.8 Å². The second kappa shape index (κ2) is 5.05. The van der Waals surface area contributed by atoms with Crippen molar-refractivity contribution in [1.82, 2.24) is 9.55 Å². The molecule has 0 amide bonds. The summed E-state index contributed by atoms with van der Waals surface area (Å²) in [6.07, 6.45) is 0. The van der Waals surface area contributed by atoms with Crippen LogP contribution in [0.2, 0.25) is 0 Å². The quantitative estimate of drug-likeness (QED) is 0.808. The Morgan fingerprint density at radius 3 is 2.76 bits per heavy atom. The molecule has 6 heteroatoms. The first-order valence-corrected chi connectivity index (χ1v) is 7.69. The third-order valence-electron chi connectivity index (χ3n) is 3.48. The first kappa shape index (κ1) is 12.7. The number of aromatic nitrogens is 2. The molecule has 3 heterocycles. The molecule has 5 nitrogen and oxygen atoms in total. The highest BCUT2D eigenvalue weighted by Gasteiger charge is 2.19. The fourth-order valence-corrected chi connectivity index (χ4v) is 3.30. The molecule has 1 N–H and O–H groups in total. The molecule has 0 atom stereocenters. The molecule has 4 rings (SSSR count). The Bertz CT molecular complexity index is 780. The standard InChI is InChI=1S/C15H14N2O3S/c18-4-3-17-11-9-13-12(19-5-6-20-13)8-10(11)16-15(17)14-2-1-7-21-14/h1-2,7-9,18H,3-6H2. The maximum Gasteiger partial charge on any atom is 0.163 e. The summed E-state index contributed by atoms with van der Waals surface area (Å²) in [4.78, 5) is 5.79. The average molecular weight is 302 g/mol. The lowest BCUT2D eigenvalue weighted by Crippen LogP contribution is -2.15. The molecular weight excluding hydrogens is 288 g/mol. The number of fused-ring (bicyclic) bond motifs is 2. The number of thiophene rings is 1. The Balaban J connectivity index is 1.95. The Morgan fingerprint density at radius 1 is 1.24 bits per heavy atom. The predicted octanol–water partition coefficient (Wildman–Crippen LogP) is 2.53. The topological polar surface area (TPSA) is 56.5 Å². The van der Waals surface area contributed by atoms with E-state index in [2.05, 4.69) is 0 Å². The highest BCUT2D eigenvalue weighted by atomic mass is 32.1. The van der Waals surface area contributed by atoms with Crippen LogP contribution in [0.25, 0.3) is 21.7 Å². The number of hydrogen-bond donors (Lipinski definition) is 1. The van der Waals surface area contributed by atoms with Crippen molar-refractivity contribution in [2.75, 3.05) is 19.8 Å². The summed E-state index contributed by atoms with van der Waals surface area (Å²) in [6.45, 7) is 1.69. The van der Waals surface area contributed by atoms with Gasteiger partial charge in [0, 0.05) is 18.7 Å². The van der Waals surface area contributed by atoms with E-state index in [1.54, 1.807) is 11.3 Å². The number of nitrogens with zero attached hydrogens (tertiary/aromatic N) is 2. The minimum atomic E-state index is 0.0677. The molecule has 0 aliphatic carbocycles. The van der Waals surface area contributed by atoms with E-state index in [1.165, 1.54) is 0 Å². The van der Waals surface area contributed by atoms with Crippen LogP contribution in [0.4, 0.5) is 0 Å². The molecule has 1 aromatic carbocycles. The van der Waals surface area contributed by atoms with Crippen LogP contribution in [0, 0.1) is 0 Å². The van der Waals surface area contributed by atoms with Gasteiger partial charge in [0.1, 0.15) is 13.2 Å². The lowest BCUT2D eigenvalue weighted by atomic mass is 10.2. The minimum absolute atomic E-state index is 0.0677. The fourth-order valence-electron chi connectivity index (χ4n) is 2.58. The van der Waals surface area contributed by atoms with Crippen LogP contribution < -0.4 is 9.47 Å². The van der Waals surface area contributed by atoms with Gasteiger partial charge < -0.3 is 19.1 Å². The van der Waals surface area contributed by atoms with Gasteiger partial charge >= 0.3 is 0 Å². The SMILES string of the molecule is OCCn1c(-c2cccs2)nc2cc3c(cc21)OCCO3. The number of ether oxygens (including phenoxy) is 2. The van der Waals surface area contributed by atoms with Crippen molar-refractivity contribution in [3.8, 4) is 22.2 Å². The summed E-state index contributed by atoms with van der Waals surface area (Å²) in [5.41, 5.74) is 1.81. The molecule has 0 bridgehead atoms. The number of aliphatic hydroxyl groups is 1. The molecule has 0 radical (unpaired) electrons. The van der Waals surface area contributed by atoms with Crippen LogP contribution in [0.15, 0.2) is 29.6 Å². The largest absolute Gasteiger partial charge is 0.486 e. The summed E-state index contributed by atoms with van der Waals surface area (Å²) in [7, 11) is 0. The second-order valence-electron chi connectivity index (χ2n) is 4.77. The van der Waals surface area contributed by atoms with Crippen molar-refractivity contribution in [3.05, 3.63) is 29.6 Å². The molecule has 0 unspecified atom stereocenters. The summed E-state index contributed by atoms with van der Waals surface area (Å²) < 4.78 is 13.3. The predicted molar refractivity (Wildman–Crippen MR) is 81.1 cm³/mol. The van der Waals surface area contributed by atoms with Gasteiger partial charge in [-0.1, -0.05) is 6.07 Å². The van der Waals surface area contributed by atoms with Crippen LogP contribution in [0.5, 0.6) is 11.5 Å². The van der Waals surface area contributed by atoms with E-state index < -0.39 is 0 Å². The summed E-state index contributed by atoms with van der Waals surface area (Å²) >= 11 is 1.64. The molecule has 21 heavy (non-hydrogen) atoms. The van der Waals surface area contributed by atoms with E-state index in [0.717, 1.165) is 33.2 Å². The number of rotatable bonds is 3. The number of aliphatic hydroxyl groups excluding tert-OH is 1. The summed E-state index contributed by atoms with van der Waals surface area (Å²) in [5, 5.41) is 11.4. The maximum absolute atomic E-state index is 9.36. The van der Waals surface area contributed by atoms with Crippen molar-refractivity contribution in [2.24, 2.45) is 0 Å². The van der Waals surface area contributed by atoms with E-state index in [1.807, 2.05) is 34.2 Å². The van der Waals surface area contributed by atoms with Gasteiger partial charge in [-0.15, -0.1) is 11.3 Å². The third-order valence-corrected chi connectivity index (χ3v) is 4.34. The van der Waals surface area contributed by atoms with Gasteiger partial charge in [-0.3, -0.25) is 0 Å². The minimum Gasteiger partial charge on any atom is -0.486 e. The van der Waals surface area contributed by atoms with Gasteiger partial charge in [0.25, 0.3) is 0 Å². The smallest absolute Gasteiger partial charge is 0.163 e.